The minimum Gasteiger partial charge on any atom is -0.325 e. The van der Waals surface area contributed by atoms with Gasteiger partial charge in [-0.3, -0.25) is 14.5 Å². The van der Waals surface area contributed by atoms with Crippen LogP contribution in [0.3, 0.4) is 0 Å². The van der Waals surface area contributed by atoms with Crippen LogP contribution in [0.1, 0.15) is 20.8 Å². The number of nitrogens with one attached hydrogen (secondary N) is 3. The van der Waals surface area contributed by atoms with Gasteiger partial charge in [-0.25, -0.2) is 13.1 Å². The van der Waals surface area contributed by atoms with E-state index in [2.05, 4.69) is 15.4 Å². The summed E-state index contributed by atoms with van der Waals surface area (Å²) < 4.78 is 27.0. The molecule has 1 atom stereocenters. The first-order chi connectivity index (χ1) is 16.1. The third-order valence-corrected chi connectivity index (χ3v) is 6.99. The Morgan fingerprint density at radius 3 is 2.21 bits per heavy atom. The van der Waals surface area contributed by atoms with Gasteiger partial charge in [-0.2, -0.15) is 0 Å². The fourth-order valence-electron chi connectivity index (χ4n) is 3.43. The first kappa shape index (κ1) is 25.4. The summed E-state index contributed by atoms with van der Waals surface area (Å²) in [4.78, 5) is 27.1. The van der Waals surface area contributed by atoms with E-state index in [0.29, 0.717) is 5.69 Å². The van der Waals surface area contributed by atoms with Gasteiger partial charge in [0.05, 0.1) is 17.5 Å². The van der Waals surface area contributed by atoms with Gasteiger partial charge >= 0.3 is 0 Å². The quantitative estimate of drug-likeness (QED) is 0.433. The molecule has 3 aromatic carbocycles. The van der Waals surface area contributed by atoms with Crippen LogP contribution >= 0.6 is 0 Å². The first-order valence-corrected chi connectivity index (χ1v) is 12.5. The summed E-state index contributed by atoms with van der Waals surface area (Å²) in [6.45, 7) is 5.21. The molecule has 0 radical (unpaired) electrons. The second-order valence-electron chi connectivity index (χ2n) is 8.46. The Morgan fingerprint density at radius 2 is 1.53 bits per heavy atom. The minimum absolute atomic E-state index is 0.0237. The van der Waals surface area contributed by atoms with E-state index >= 15 is 0 Å². The molecule has 0 bridgehead atoms. The summed E-state index contributed by atoms with van der Waals surface area (Å²) in [5.74, 6) is -0.540. The van der Waals surface area contributed by atoms with Crippen molar-refractivity contribution in [2.24, 2.45) is 0 Å². The highest BCUT2D eigenvalue weighted by Gasteiger charge is 2.21. The summed E-state index contributed by atoms with van der Waals surface area (Å²) in [6, 6.07) is 18.6. The van der Waals surface area contributed by atoms with Gasteiger partial charge in [-0.1, -0.05) is 36.4 Å². The van der Waals surface area contributed by atoms with Crippen LogP contribution in [0, 0.1) is 0 Å². The number of benzene rings is 3. The number of nitrogens with zero attached hydrogens (tertiary/aromatic N) is 1. The maximum atomic E-state index is 12.7. The second kappa shape index (κ2) is 10.8. The molecule has 0 aliphatic heterocycles. The number of carbonyl (C=O) groups excluding carboxylic acids is 2. The van der Waals surface area contributed by atoms with E-state index in [9.17, 15) is 18.0 Å². The SMILES string of the molecule is CC(C)NS(=O)(=O)c1ccc(NC(=O)[C@H](C)N(C)CC(=O)Nc2cccc3ccccc23)cc1. The molecule has 3 N–H and O–H groups in total. The van der Waals surface area contributed by atoms with Crippen molar-refractivity contribution in [3.05, 3.63) is 66.7 Å². The summed E-state index contributed by atoms with van der Waals surface area (Å²) in [5, 5.41) is 7.65. The fraction of sp³-hybridized carbons (Fsp3) is 0.280. The van der Waals surface area contributed by atoms with Crippen molar-refractivity contribution in [1.82, 2.24) is 9.62 Å². The zero-order valence-electron chi connectivity index (χ0n) is 19.7. The van der Waals surface area contributed by atoms with Crippen LogP contribution in [-0.2, 0) is 19.6 Å². The van der Waals surface area contributed by atoms with Gasteiger partial charge in [0.15, 0.2) is 0 Å². The Balaban J connectivity index is 1.58. The van der Waals surface area contributed by atoms with Crippen LogP contribution in [-0.4, -0.2) is 50.8 Å². The first-order valence-electron chi connectivity index (χ1n) is 11.0. The lowest BCUT2D eigenvalue weighted by Crippen LogP contribution is -2.43. The Hall–Kier alpha value is -3.27. The molecule has 3 aromatic rings. The highest BCUT2D eigenvalue weighted by atomic mass is 32.2. The molecule has 8 nitrogen and oxygen atoms in total. The Bertz CT molecular complexity index is 1270. The molecule has 9 heteroatoms. The van der Waals surface area contributed by atoms with Crippen LogP contribution in [0.15, 0.2) is 71.6 Å². The molecule has 0 heterocycles. The van der Waals surface area contributed by atoms with E-state index in [-0.39, 0.29) is 29.3 Å². The molecule has 3 rings (SSSR count). The molecule has 0 spiro atoms. The minimum atomic E-state index is -3.60. The van der Waals surface area contributed by atoms with Crippen LogP contribution in [0.4, 0.5) is 11.4 Å². The summed E-state index contributed by atoms with van der Waals surface area (Å²) in [7, 11) is -1.91. The molecular weight excluding hydrogens is 452 g/mol. The summed E-state index contributed by atoms with van der Waals surface area (Å²) >= 11 is 0. The lowest BCUT2D eigenvalue weighted by atomic mass is 10.1. The van der Waals surface area contributed by atoms with Gasteiger partial charge in [0.25, 0.3) is 0 Å². The average molecular weight is 483 g/mol. The van der Waals surface area contributed by atoms with Gasteiger partial charge < -0.3 is 10.6 Å². The van der Waals surface area contributed by atoms with Gasteiger partial charge in [-0.15, -0.1) is 0 Å². The zero-order chi connectivity index (χ0) is 24.9. The number of fused-ring (bicyclic) bond motifs is 1. The van der Waals surface area contributed by atoms with Crippen LogP contribution in [0.5, 0.6) is 0 Å². The Morgan fingerprint density at radius 1 is 0.882 bits per heavy atom. The molecule has 0 saturated carbocycles. The number of amides is 2. The monoisotopic (exact) mass is 482 g/mol. The predicted molar refractivity (Wildman–Crippen MR) is 135 cm³/mol. The molecule has 2 amide bonds. The molecule has 180 valence electrons. The van der Waals surface area contributed by atoms with Crippen LogP contribution < -0.4 is 15.4 Å². The van der Waals surface area contributed by atoms with Crippen molar-refractivity contribution in [2.75, 3.05) is 24.2 Å². The van der Waals surface area contributed by atoms with Crippen LogP contribution in [0.25, 0.3) is 10.8 Å². The molecule has 0 unspecified atom stereocenters. The highest BCUT2D eigenvalue weighted by molar-refractivity contribution is 7.89. The number of anilines is 2. The Kier molecular flexibility index (Phi) is 8.03. The second-order valence-corrected chi connectivity index (χ2v) is 10.2. The molecule has 0 aliphatic carbocycles. The number of sulfonamides is 1. The van der Waals surface area contributed by atoms with E-state index in [1.807, 2.05) is 42.5 Å². The number of carbonyl (C=O) groups is 2. The summed E-state index contributed by atoms with van der Waals surface area (Å²) in [6.07, 6.45) is 0. The third kappa shape index (κ3) is 6.40. The van der Waals surface area contributed by atoms with E-state index < -0.39 is 16.1 Å². The normalized spacial score (nSPS) is 12.6. The maximum Gasteiger partial charge on any atom is 0.241 e. The van der Waals surface area contributed by atoms with Crippen molar-refractivity contribution >= 4 is 44.0 Å². The number of hydrogen-bond acceptors (Lipinski definition) is 5. The highest BCUT2D eigenvalue weighted by Crippen LogP contribution is 2.23. The standard InChI is InChI=1S/C25H30N4O4S/c1-17(2)28-34(32,33)21-14-12-20(13-15-21)26-25(31)18(3)29(4)16-24(30)27-23-11-7-9-19-8-5-6-10-22(19)23/h5-15,17-18,28H,16H2,1-4H3,(H,26,31)(H,27,30)/t18-/m0/s1. The van der Waals surface area contributed by atoms with Gasteiger partial charge in [0, 0.05) is 22.8 Å². The lowest BCUT2D eigenvalue weighted by Gasteiger charge is -2.23. The maximum absolute atomic E-state index is 12.7. The number of hydrogen-bond donors (Lipinski definition) is 3. The molecule has 0 saturated heterocycles. The molecule has 0 aliphatic rings. The van der Waals surface area contributed by atoms with Crippen molar-refractivity contribution in [2.45, 2.75) is 37.8 Å². The fourth-order valence-corrected chi connectivity index (χ4v) is 4.68. The molecule has 0 aromatic heterocycles. The van der Waals surface area contributed by atoms with E-state index in [0.717, 1.165) is 16.5 Å². The topological polar surface area (TPSA) is 108 Å². The molecule has 0 fully saturated rings. The molecule has 34 heavy (non-hydrogen) atoms. The van der Waals surface area contributed by atoms with E-state index in [1.165, 1.54) is 24.3 Å². The largest absolute Gasteiger partial charge is 0.325 e. The lowest BCUT2D eigenvalue weighted by molar-refractivity contribution is -0.122. The van der Waals surface area contributed by atoms with Gasteiger partial charge in [0.1, 0.15) is 0 Å². The van der Waals surface area contributed by atoms with Crippen molar-refractivity contribution in [3.8, 4) is 0 Å². The van der Waals surface area contributed by atoms with Gasteiger partial charge in [-0.05, 0) is 63.5 Å². The number of rotatable bonds is 9. The average Bonchev–Trinajstić information content (AvgIpc) is 2.78. The van der Waals surface area contributed by atoms with Crippen molar-refractivity contribution < 1.29 is 18.0 Å². The Labute approximate surface area is 200 Å². The number of likely N-dealkylation sites (N-methyl/N-ethyl adjacent to an activating group) is 1. The van der Waals surface area contributed by atoms with Crippen molar-refractivity contribution in [1.29, 1.82) is 0 Å². The smallest absolute Gasteiger partial charge is 0.241 e. The molecular formula is C25H30N4O4S. The van der Waals surface area contributed by atoms with Crippen molar-refractivity contribution in [3.63, 3.8) is 0 Å². The zero-order valence-corrected chi connectivity index (χ0v) is 20.5. The summed E-state index contributed by atoms with van der Waals surface area (Å²) in [5.41, 5.74) is 1.18. The van der Waals surface area contributed by atoms with Crippen LogP contribution in [0.2, 0.25) is 0 Å². The van der Waals surface area contributed by atoms with E-state index in [1.54, 1.807) is 32.7 Å². The van der Waals surface area contributed by atoms with Gasteiger partial charge in [0.2, 0.25) is 21.8 Å². The van der Waals surface area contributed by atoms with E-state index in [4.69, 9.17) is 0 Å². The predicted octanol–water partition coefficient (Wildman–Crippen LogP) is 3.42. The third-order valence-electron chi connectivity index (χ3n) is 5.32.